The Morgan fingerprint density at radius 1 is 1.11 bits per heavy atom. The van der Waals surface area contributed by atoms with Crippen LogP contribution in [-0.2, 0) is 14.8 Å². The molecule has 0 aliphatic carbocycles. The molecule has 2 fully saturated rings. The van der Waals surface area contributed by atoms with Crippen molar-refractivity contribution in [1.29, 1.82) is 0 Å². The van der Waals surface area contributed by atoms with Gasteiger partial charge in [0.1, 0.15) is 11.5 Å². The van der Waals surface area contributed by atoms with Crippen LogP contribution in [0.4, 0.5) is 0 Å². The Morgan fingerprint density at radius 2 is 1.81 bits per heavy atom. The molecule has 2 saturated heterocycles. The molecular formula is C20H23NO5S. The maximum absolute atomic E-state index is 13.1. The number of hydrogen-bond acceptors (Lipinski definition) is 5. The predicted molar refractivity (Wildman–Crippen MR) is 100 cm³/mol. The van der Waals surface area contributed by atoms with Gasteiger partial charge in [0.05, 0.1) is 18.1 Å². The maximum Gasteiger partial charge on any atom is 0.243 e. The molecule has 0 bridgehead atoms. The first kappa shape index (κ1) is 18.4. The van der Waals surface area contributed by atoms with Gasteiger partial charge in [0.2, 0.25) is 10.0 Å². The van der Waals surface area contributed by atoms with E-state index < -0.39 is 10.0 Å². The largest absolute Gasteiger partial charge is 0.457 e. The van der Waals surface area contributed by atoms with E-state index in [2.05, 4.69) is 0 Å². The summed E-state index contributed by atoms with van der Waals surface area (Å²) >= 11 is 0. The summed E-state index contributed by atoms with van der Waals surface area (Å²) in [7, 11) is -3.62. The Hall–Kier alpha value is -1.93. The summed E-state index contributed by atoms with van der Waals surface area (Å²) in [6.07, 6.45) is 0.685. The van der Waals surface area contributed by atoms with Crippen LogP contribution in [0.5, 0.6) is 11.5 Å². The first-order valence-electron chi connectivity index (χ1n) is 9.05. The highest BCUT2D eigenvalue weighted by Gasteiger charge is 2.51. The van der Waals surface area contributed by atoms with Crippen LogP contribution in [0, 0.1) is 11.3 Å². The van der Waals surface area contributed by atoms with Gasteiger partial charge in [0.15, 0.2) is 0 Å². The van der Waals surface area contributed by atoms with Gasteiger partial charge in [0.25, 0.3) is 0 Å². The van der Waals surface area contributed by atoms with E-state index in [1.807, 2.05) is 30.3 Å². The molecule has 0 amide bonds. The fourth-order valence-corrected chi connectivity index (χ4v) is 5.47. The van der Waals surface area contributed by atoms with Crippen LogP contribution in [0.15, 0.2) is 59.5 Å². The Bertz CT molecular complexity index is 884. The van der Waals surface area contributed by atoms with Gasteiger partial charge in [-0.1, -0.05) is 18.2 Å². The molecule has 0 unspecified atom stereocenters. The van der Waals surface area contributed by atoms with E-state index in [1.54, 1.807) is 24.3 Å². The zero-order valence-corrected chi connectivity index (χ0v) is 15.8. The van der Waals surface area contributed by atoms with Crippen molar-refractivity contribution < 1.29 is 23.0 Å². The number of aliphatic hydroxyl groups excluding tert-OH is 1. The quantitative estimate of drug-likeness (QED) is 0.850. The van der Waals surface area contributed by atoms with Crippen molar-refractivity contribution in [1.82, 2.24) is 4.31 Å². The fourth-order valence-electron chi connectivity index (χ4n) is 3.89. The molecule has 2 aliphatic rings. The number of fused-ring (bicyclic) bond motifs is 1. The smallest absolute Gasteiger partial charge is 0.243 e. The van der Waals surface area contributed by atoms with Crippen LogP contribution in [0.25, 0.3) is 0 Å². The number of rotatable bonds is 5. The van der Waals surface area contributed by atoms with Gasteiger partial charge in [-0.15, -0.1) is 0 Å². The molecule has 2 atom stereocenters. The summed E-state index contributed by atoms with van der Waals surface area (Å²) in [4.78, 5) is 0.232. The Kier molecular flexibility index (Phi) is 4.94. The van der Waals surface area contributed by atoms with E-state index in [-0.39, 0.29) is 22.8 Å². The van der Waals surface area contributed by atoms with E-state index in [4.69, 9.17) is 9.47 Å². The monoisotopic (exact) mass is 389 g/mol. The second kappa shape index (κ2) is 7.24. The van der Waals surface area contributed by atoms with Crippen molar-refractivity contribution in [3.63, 3.8) is 0 Å². The molecule has 2 aliphatic heterocycles. The van der Waals surface area contributed by atoms with Crippen molar-refractivity contribution >= 4 is 10.0 Å². The Morgan fingerprint density at radius 3 is 2.48 bits per heavy atom. The number of benzene rings is 2. The van der Waals surface area contributed by atoms with E-state index in [1.165, 1.54) is 4.31 Å². The van der Waals surface area contributed by atoms with Gasteiger partial charge in [-0.2, -0.15) is 4.31 Å². The molecule has 6 nitrogen and oxygen atoms in total. The summed E-state index contributed by atoms with van der Waals surface area (Å²) in [5.74, 6) is 1.31. The summed E-state index contributed by atoms with van der Waals surface area (Å²) in [6.45, 7) is 1.76. The molecule has 0 aromatic heterocycles. The topological polar surface area (TPSA) is 76.1 Å². The minimum absolute atomic E-state index is 0.0170. The highest BCUT2D eigenvalue weighted by atomic mass is 32.2. The normalized spacial score (nSPS) is 25.9. The summed E-state index contributed by atoms with van der Waals surface area (Å²) in [6, 6.07) is 15.8. The van der Waals surface area contributed by atoms with Crippen molar-refractivity contribution in [2.45, 2.75) is 11.3 Å². The van der Waals surface area contributed by atoms with Gasteiger partial charge < -0.3 is 14.6 Å². The lowest BCUT2D eigenvalue weighted by Crippen LogP contribution is -2.41. The Labute approximate surface area is 159 Å². The van der Waals surface area contributed by atoms with Crippen LogP contribution in [0.2, 0.25) is 0 Å². The van der Waals surface area contributed by atoms with Gasteiger partial charge in [-0.25, -0.2) is 8.42 Å². The van der Waals surface area contributed by atoms with Gasteiger partial charge in [0, 0.05) is 31.0 Å². The average molecular weight is 389 g/mol. The standard InChI is InChI=1S/C20H23NO5S/c22-15-20-10-11-25-13-16(20)12-21(14-20)27(23,24)19-8-6-18(7-9-19)26-17-4-2-1-3-5-17/h1-9,16,22H,10-15H2/t16-,20-/m1/s1. The van der Waals surface area contributed by atoms with Crippen molar-refractivity contribution in [2.24, 2.45) is 11.3 Å². The third kappa shape index (κ3) is 3.48. The van der Waals surface area contributed by atoms with Crippen molar-refractivity contribution in [2.75, 3.05) is 32.9 Å². The fraction of sp³-hybridized carbons (Fsp3) is 0.400. The number of sulfonamides is 1. The van der Waals surface area contributed by atoms with Crippen LogP contribution >= 0.6 is 0 Å². The zero-order valence-electron chi connectivity index (χ0n) is 15.0. The third-order valence-electron chi connectivity index (χ3n) is 5.60. The third-order valence-corrected chi connectivity index (χ3v) is 7.43. The molecule has 7 heteroatoms. The summed E-state index contributed by atoms with van der Waals surface area (Å²) in [5, 5.41) is 9.89. The molecule has 144 valence electrons. The van der Waals surface area contributed by atoms with E-state index >= 15 is 0 Å². The zero-order chi connectivity index (χ0) is 18.9. The number of nitrogens with zero attached hydrogens (tertiary/aromatic N) is 1. The minimum atomic E-state index is -3.62. The molecule has 0 saturated carbocycles. The maximum atomic E-state index is 13.1. The molecule has 1 N–H and O–H groups in total. The van der Waals surface area contributed by atoms with Crippen LogP contribution < -0.4 is 4.74 Å². The van der Waals surface area contributed by atoms with Crippen molar-refractivity contribution in [3.05, 3.63) is 54.6 Å². The molecule has 0 spiro atoms. The average Bonchev–Trinajstić information content (AvgIpc) is 3.10. The lowest BCUT2D eigenvalue weighted by atomic mass is 9.75. The molecule has 2 aromatic carbocycles. The minimum Gasteiger partial charge on any atom is -0.457 e. The van der Waals surface area contributed by atoms with E-state index in [0.29, 0.717) is 44.2 Å². The van der Waals surface area contributed by atoms with Gasteiger partial charge in [-0.05, 0) is 42.8 Å². The first-order chi connectivity index (χ1) is 13.0. The van der Waals surface area contributed by atoms with E-state index in [0.717, 1.165) is 0 Å². The van der Waals surface area contributed by atoms with E-state index in [9.17, 15) is 13.5 Å². The second-order valence-electron chi connectivity index (χ2n) is 7.23. The number of ether oxygens (including phenoxy) is 2. The number of hydrogen-bond donors (Lipinski definition) is 1. The summed E-state index contributed by atoms with van der Waals surface area (Å²) < 4.78 is 38.8. The number of aliphatic hydroxyl groups is 1. The molecular weight excluding hydrogens is 366 g/mol. The first-order valence-corrected chi connectivity index (χ1v) is 10.5. The molecule has 2 aromatic rings. The molecule has 4 rings (SSSR count). The molecule has 0 radical (unpaired) electrons. The van der Waals surface area contributed by atoms with Crippen LogP contribution in [-0.4, -0.2) is 50.7 Å². The number of para-hydroxylation sites is 1. The molecule has 27 heavy (non-hydrogen) atoms. The molecule has 2 heterocycles. The SMILES string of the molecule is O=S(=O)(c1ccc(Oc2ccccc2)cc1)N1C[C@@H]2COCC[C@]2(CO)C1. The predicted octanol–water partition coefficient (Wildman–Crippen LogP) is 2.50. The van der Waals surface area contributed by atoms with Crippen LogP contribution in [0.3, 0.4) is 0 Å². The lowest BCUT2D eigenvalue weighted by Gasteiger charge is -2.36. The highest BCUT2D eigenvalue weighted by molar-refractivity contribution is 7.89. The lowest BCUT2D eigenvalue weighted by molar-refractivity contribution is -0.0414. The van der Waals surface area contributed by atoms with Crippen molar-refractivity contribution in [3.8, 4) is 11.5 Å². The van der Waals surface area contributed by atoms with Gasteiger partial charge >= 0.3 is 0 Å². The summed E-state index contributed by atoms with van der Waals surface area (Å²) in [5.41, 5.74) is -0.387. The Balaban J connectivity index is 1.52. The highest BCUT2D eigenvalue weighted by Crippen LogP contribution is 2.43. The van der Waals surface area contributed by atoms with Gasteiger partial charge in [-0.3, -0.25) is 0 Å². The van der Waals surface area contributed by atoms with Crippen LogP contribution in [0.1, 0.15) is 6.42 Å². The second-order valence-corrected chi connectivity index (χ2v) is 9.16.